The summed E-state index contributed by atoms with van der Waals surface area (Å²) in [5.41, 5.74) is 7.67. The fraction of sp³-hybridized carbons (Fsp3) is 0.408. The van der Waals surface area contributed by atoms with Gasteiger partial charge in [-0.2, -0.15) is 23.7 Å². The number of carbonyl (C=O) groups is 3. The molecule has 12 rings (SSSR count). The molecule has 6 heterocycles. The van der Waals surface area contributed by atoms with Crippen LogP contribution in [0.15, 0.2) is 129 Å². The van der Waals surface area contributed by atoms with Gasteiger partial charge in [0.1, 0.15) is 53.5 Å². The Hall–Kier alpha value is -8.44. The van der Waals surface area contributed by atoms with Gasteiger partial charge in [0.25, 0.3) is 0 Å². The van der Waals surface area contributed by atoms with Crippen LogP contribution in [0.25, 0.3) is 0 Å². The van der Waals surface area contributed by atoms with Gasteiger partial charge in [-0.15, -0.1) is 0 Å². The summed E-state index contributed by atoms with van der Waals surface area (Å²) in [4.78, 5) is 64.9. The number of halogens is 3. The quantitative estimate of drug-likeness (QED) is 0.0293. The molecule has 6 aromatic heterocycles. The van der Waals surface area contributed by atoms with E-state index >= 15 is 0 Å². The zero-order valence-corrected chi connectivity index (χ0v) is 59.9. The van der Waals surface area contributed by atoms with Gasteiger partial charge in [0.2, 0.25) is 17.3 Å². The molecule has 0 aliphatic heterocycles. The summed E-state index contributed by atoms with van der Waals surface area (Å²) in [6, 6.07) is 28.2. The van der Waals surface area contributed by atoms with Gasteiger partial charge < -0.3 is 31.3 Å². The molecule has 0 bridgehead atoms. The second-order valence-electron chi connectivity index (χ2n) is 25.6. The van der Waals surface area contributed by atoms with Gasteiger partial charge in [0, 0.05) is 88.0 Å². The van der Waals surface area contributed by atoms with E-state index in [9.17, 15) is 33.0 Å². The van der Waals surface area contributed by atoms with Gasteiger partial charge in [-0.1, -0.05) is 98.4 Å². The van der Waals surface area contributed by atoms with Crippen molar-refractivity contribution in [3.05, 3.63) is 211 Å². The number of hydrogen-bond acceptors (Lipinski definition) is 21. The summed E-state index contributed by atoms with van der Waals surface area (Å²) >= 11 is 18.2. The molecule has 0 spiro atoms. The Kier molecular flexibility index (Phi) is 26.7. The Morgan fingerprint density at radius 1 is 0.540 bits per heavy atom. The first kappa shape index (κ1) is 75.8. The lowest BCUT2D eigenvalue weighted by Crippen LogP contribution is -2.24. The van der Waals surface area contributed by atoms with Crippen molar-refractivity contribution in [1.29, 1.82) is 0 Å². The van der Waals surface area contributed by atoms with Gasteiger partial charge in [-0.25, -0.2) is 35.0 Å². The Bertz CT molecular complexity index is 4210. The summed E-state index contributed by atoms with van der Waals surface area (Å²) in [5.74, 6) is 2.31. The highest BCUT2D eigenvalue weighted by atomic mass is 35.5. The third-order valence-corrected chi connectivity index (χ3v) is 19.3. The molecular formula is C71H85Cl3N16O9S. The van der Waals surface area contributed by atoms with E-state index in [0.29, 0.717) is 111 Å². The first-order chi connectivity index (χ1) is 47.9. The fourth-order valence-corrected chi connectivity index (χ4v) is 13.9. The maximum absolute atomic E-state index is 13.3. The molecule has 3 fully saturated rings. The molecule has 100 heavy (non-hydrogen) atoms. The minimum atomic E-state index is -4.10. The fourth-order valence-electron chi connectivity index (χ4n) is 12.9. The van der Waals surface area contributed by atoms with Crippen molar-refractivity contribution in [2.24, 2.45) is 34.7 Å². The van der Waals surface area contributed by atoms with E-state index in [2.05, 4.69) is 86.1 Å². The Morgan fingerprint density at radius 2 is 0.880 bits per heavy atom. The van der Waals surface area contributed by atoms with Crippen molar-refractivity contribution in [2.45, 2.75) is 137 Å². The average Bonchev–Trinajstić information content (AvgIpc) is 1.64. The normalized spacial score (nSPS) is 20.1. The van der Waals surface area contributed by atoms with Crippen LogP contribution in [0.5, 0.6) is 0 Å². The standard InChI is InChI=1S/C24H28ClN5O.C23H26ClN5O2.C22H25ClN6O5S.C2H6O/c1-4-18-11-20(8-15(18)2)28-24-21(12-26-14-27-24)23(31)22-9-16(3)30(29-22)13-17-6-5-7-19(25)10-17;1-14-6-19(9-17(14)12-30)27-23-20(10-25-13-26-23)22(31)21-7-15(2)29(28-21)11-16-4-3-5-18(24)8-16;1-13-5-19(28-29(13)10-14-3-2-4-16(23)6-14)21(31)18-9-25-12-26-22(18)27-17-7-15(20(30)8-17)11-34-35(24,32)33;1-2-3/h5-7,9-10,12,14-15,18,20H,4,8,11,13H2,1-3H3,(H,26,27,28);3-5,7-8,10,13-14,17,19,30H,6,9,11-12H2,1-2H3,(H,25,26,27);2-6,9,12,15,17,20,30H,7-8,10-11H2,1H3,(H2,24,32,33)(H,25,26,27);3H,2H2,1H3/t15-,18-,20-;14-,17+,19-;15-,17-,20+;/m001./s1. The molecule has 8 N–H and O–H groups in total. The van der Waals surface area contributed by atoms with Gasteiger partial charge in [0.05, 0.1) is 49.0 Å². The maximum atomic E-state index is 13.3. The summed E-state index contributed by atoms with van der Waals surface area (Å²) in [7, 11) is -4.10. The number of nitrogens with one attached hydrogen (secondary N) is 3. The Balaban J connectivity index is 0.000000172. The molecule has 3 saturated carbocycles. The molecule has 0 radical (unpaired) electrons. The highest BCUT2D eigenvalue weighted by Gasteiger charge is 2.36. The largest absolute Gasteiger partial charge is 0.397 e. The number of aryl methyl sites for hydroxylation is 3. The number of carbonyl (C=O) groups excluding carboxylic acids is 3. The van der Waals surface area contributed by atoms with Crippen LogP contribution in [-0.4, -0.2) is 144 Å². The van der Waals surface area contributed by atoms with Gasteiger partial charge in [-0.3, -0.25) is 32.6 Å². The van der Waals surface area contributed by atoms with Crippen LogP contribution in [0.4, 0.5) is 17.5 Å². The molecule has 9 atom stereocenters. The second kappa shape index (κ2) is 35.2. The van der Waals surface area contributed by atoms with Crippen molar-refractivity contribution < 1.29 is 42.3 Å². The summed E-state index contributed by atoms with van der Waals surface area (Å²) in [6.45, 7) is 15.8. The van der Waals surface area contributed by atoms with E-state index in [0.717, 1.165) is 59.5 Å². The lowest BCUT2D eigenvalue weighted by Gasteiger charge is -2.15. The number of nitrogens with two attached hydrogens (primary N) is 1. The van der Waals surface area contributed by atoms with Gasteiger partial charge in [0.15, 0.2) is 0 Å². The van der Waals surface area contributed by atoms with E-state index < -0.39 is 22.3 Å². The zero-order valence-electron chi connectivity index (χ0n) is 56.8. The highest BCUT2D eigenvalue weighted by Crippen LogP contribution is 2.37. The van der Waals surface area contributed by atoms with Crippen molar-refractivity contribution in [2.75, 3.05) is 35.8 Å². The molecule has 9 aromatic rings. The van der Waals surface area contributed by atoms with Crippen LogP contribution in [0.1, 0.15) is 155 Å². The van der Waals surface area contributed by atoms with Crippen LogP contribution >= 0.6 is 34.8 Å². The average molecular weight is 1440 g/mol. The first-order valence-corrected chi connectivity index (χ1v) is 35.8. The minimum Gasteiger partial charge on any atom is -0.397 e. The van der Waals surface area contributed by atoms with Crippen LogP contribution < -0.4 is 21.1 Å². The van der Waals surface area contributed by atoms with Crippen molar-refractivity contribution in [1.82, 2.24) is 59.2 Å². The second-order valence-corrected chi connectivity index (χ2v) is 28.2. The molecule has 3 aliphatic carbocycles. The molecule has 25 nitrogen and oxygen atoms in total. The summed E-state index contributed by atoms with van der Waals surface area (Å²) in [6.07, 6.45) is 13.8. The monoisotopic (exact) mass is 1440 g/mol. The molecular weight excluding hydrogens is 1360 g/mol. The predicted molar refractivity (Wildman–Crippen MR) is 383 cm³/mol. The number of benzene rings is 3. The number of ketones is 3. The lowest BCUT2D eigenvalue weighted by molar-refractivity contribution is 0.100. The zero-order chi connectivity index (χ0) is 71.8. The number of aliphatic hydroxyl groups is 3. The lowest BCUT2D eigenvalue weighted by atomic mass is 9.96. The highest BCUT2D eigenvalue weighted by molar-refractivity contribution is 7.84. The Labute approximate surface area is 597 Å². The van der Waals surface area contributed by atoms with Crippen molar-refractivity contribution in [3.8, 4) is 0 Å². The number of hydrogen-bond donors (Lipinski definition) is 7. The topological polar surface area (TPSA) is 348 Å². The van der Waals surface area contributed by atoms with Gasteiger partial charge in [-0.05, 0) is 161 Å². The number of nitrogens with zero attached hydrogens (tertiary/aromatic N) is 12. The molecule has 29 heteroatoms. The predicted octanol–water partition coefficient (Wildman–Crippen LogP) is 10.6. The van der Waals surface area contributed by atoms with E-state index in [-0.39, 0.29) is 66.4 Å². The smallest absolute Gasteiger partial charge is 0.333 e. The summed E-state index contributed by atoms with van der Waals surface area (Å²) in [5, 5.41) is 57.9. The molecule has 0 unspecified atom stereocenters. The molecule has 3 aliphatic rings. The van der Waals surface area contributed by atoms with Crippen molar-refractivity contribution in [3.63, 3.8) is 0 Å². The van der Waals surface area contributed by atoms with Crippen LogP contribution in [0.3, 0.4) is 0 Å². The third-order valence-electron chi connectivity index (χ3n) is 18.2. The van der Waals surface area contributed by atoms with E-state index in [1.807, 2.05) is 98.2 Å². The van der Waals surface area contributed by atoms with Crippen molar-refractivity contribution >= 4 is 79.9 Å². The summed E-state index contributed by atoms with van der Waals surface area (Å²) < 4.78 is 32.1. The van der Waals surface area contributed by atoms with Crippen LogP contribution in [0, 0.1) is 50.4 Å². The molecule has 0 amide bonds. The van der Waals surface area contributed by atoms with Gasteiger partial charge >= 0.3 is 10.3 Å². The minimum absolute atomic E-state index is 0.163. The number of aromatic nitrogens is 12. The Morgan fingerprint density at radius 3 is 1.20 bits per heavy atom. The number of anilines is 3. The number of rotatable bonds is 23. The first-order valence-electron chi connectivity index (χ1n) is 33.2. The van der Waals surface area contributed by atoms with Crippen LogP contribution in [0.2, 0.25) is 15.1 Å². The van der Waals surface area contributed by atoms with E-state index in [4.69, 9.17) is 45.0 Å². The third kappa shape index (κ3) is 20.6. The SMILES string of the molecule is CCO.CC[C@H]1C[C@@H](Nc2ncncc2C(=O)c2cc(C)n(Cc3cccc(Cl)c3)n2)C[C@@H]1C.Cc1cc(C(=O)c2cncnc2N[C@@H]2C[C@H](CO)[C@@H](C)C2)nn1Cc1cccc(Cl)c1.Cc1cc(C(=O)c2cncnc2N[C@@H]2C[C@H](COS(N)(=O)=O)[C@@H](O)C2)nn1Cc1cccc(Cl)c1. The maximum Gasteiger partial charge on any atom is 0.333 e. The van der Waals surface area contributed by atoms with E-state index in [1.54, 1.807) is 40.7 Å². The molecule has 0 saturated heterocycles. The van der Waals surface area contributed by atoms with E-state index in [1.165, 1.54) is 37.8 Å². The number of aliphatic hydroxyl groups excluding tert-OH is 3. The molecule has 530 valence electrons. The molecule has 3 aromatic carbocycles. The van der Waals surface area contributed by atoms with Crippen LogP contribution in [-0.2, 0) is 34.1 Å².